The maximum absolute atomic E-state index is 9.79. The van der Waals surface area contributed by atoms with E-state index in [-0.39, 0.29) is 0 Å². The van der Waals surface area contributed by atoms with E-state index < -0.39 is 6.10 Å². The Balaban J connectivity index is 2.96. The van der Waals surface area contributed by atoms with Crippen LogP contribution in [0.2, 0.25) is 0 Å². The molecule has 1 aromatic rings. The molecule has 0 aliphatic heterocycles. The summed E-state index contributed by atoms with van der Waals surface area (Å²) in [6.07, 6.45) is 0.0867. The van der Waals surface area contributed by atoms with Gasteiger partial charge in [0.1, 0.15) is 5.75 Å². The summed E-state index contributed by atoms with van der Waals surface area (Å²) in [6.45, 7) is 2.42. The summed E-state index contributed by atoms with van der Waals surface area (Å²) < 4.78 is 5.17. The van der Waals surface area contributed by atoms with Gasteiger partial charge in [-0.3, -0.25) is 0 Å². The molecule has 0 aromatic heterocycles. The average Bonchev–Trinajstić information content (AvgIpc) is 2.18. The highest BCUT2D eigenvalue weighted by Crippen LogP contribution is 2.26. The molecule has 1 rings (SSSR count). The van der Waals surface area contributed by atoms with Gasteiger partial charge in [-0.05, 0) is 37.1 Å². The highest BCUT2D eigenvalue weighted by molar-refractivity contribution is 5.40. The van der Waals surface area contributed by atoms with Crippen molar-refractivity contribution in [2.75, 3.05) is 13.7 Å². The van der Waals surface area contributed by atoms with Crippen LogP contribution in [0.5, 0.6) is 5.75 Å². The molecule has 1 atom stereocenters. The van der Waals surface area contributed by atoms with Crippen LogP contribution in [0.3, 0.4) is 0 Å². The van der Waals surface area contributed by atoms with Crippen LogP contribution in [0.1, 0.15) is 23.7 Å². The standard InChI is InChI=1S/C11H17NO2/c1-8-9(10(13)6-7-12)4-3-5-11(8)14-2/h3-5,10,13H,6-7,12H2,1-2H3/t10-/m1/s1. The van der Waals surface area contributed by atoms with Gasteiger partial charge < -0.3 is 15.6 Å². The quantitative estimate of drug-likeness (QED) is 0.763. The molecule has 0 aliphatic carbocycles. The zero-order valence-corrected chi connectivity index (χ0v) is 8.66. The molecule has 1 aromatic carbocycles. The molecule has 0 amide bonds. The van der Waals surface area contributed by atoms with Gasteiger partial charge in [0.05, 0.1) is 13.2 Å². The van der Waals surface area contributed by atoms with E-state index in [1.807, 2.05) is 25.1 Å². The summed E-state index contributed by atoms with van der Waals surface area (Å²) in [6, 6.07) is 5.66. The Kier molecular flexibility index (Phi) is 3.92. The molecule has 3 nitrogen and oxygen atoms in total. The summed E-state index contributed by atoms with van der Waals surface area (Å²) in [7, 11) is 1.63. The van der Waals surface area contributed by atoms with Crippen LogP contribution in [-0.2, 0) is 0 Å². The van der Waals surface area contributed by atoms with E-state index in [4.69, 9.17) is 10.5 Å². The molecule has 0 fully saturated rings. The number of hydrogen-bond acceptors (Lipinski definition) is 3. The number of ether oxygens (including phenoxy) is 1. The molecular formula is C11H17NO2. The fourth-order valence-corrected chi connectivity index (χ4v) is 1.53. The summed E-state index contributed by atoms with van der Waals surface area (Å²) in [5.74, 6) is 0.804. The molecule has 0 spiro atoms. The summed E-state index contributed by atoms with van der Waals surface area (Å²) in [5, 5.41) is 9.79. The first-order valence-corrected chi connectivity index (χ1v) is 4.72. The number of aliphatic hydroxyl groups excluding tert-OH is 1. The van der Waals surface area contributed by atoms with Gasteiger partial charge in [-0.1, -0.05) is 12.1 Å². The third kappa shape index (κ3) is 2.25. The molecule has 3 N–H and O–H groups in total. The largest absolute Gasteiger partial charge is 0.496 e. The predicted octanol–water partition coefficient (Wildman–Crippen LogP) is 1.39. The fraction of sp³-hybridized carbons (Fsp3) is 0.455. The topological polar surface area (TPSA) is 55.5 Å². The van der Waals surface area contributed by atoms with E-state index in [9.17, 15) is 5.11 Å². The first-order valence-electron chi connectivity index (χ1n) is 4.72. The monoisotopic (exact) mass is 195 g/mol. The molecule has 0 saturated heterocycles. The van der Waals surface area contributed by atoms with E-state index >= 15 is 0 Å². The van der Waals surface area contributed by atoms with Gasteiger partial charge in [-0.25, -0.2) is 0 Å². The number of hydrogen-bond donors (Lipinski definition) is 2. The van der Waals surface area contributed by atoms with Crippen LogP contribution in [0.25, 0.3) is 0 Å². The Labute approximate surface area is 84.5 Å². The Hall–Kier alpha value is -1.06. The minimum absolute atomic E-state index is 0.484. The lowest BCUT2D eigenvalue weighted by Crippen LogP contribution is -2.08. The molecule has 0 bridgehead atoms. The van der Waals surface area contributed by atoms with Crippen molar-refractivity contribution in [1.82, 2.24) is 0 Å². The summed E-state index contributed by atoms with van der Waals surface area (Å²) in [4.78, 5) is 0. The molecule has 0 heterocycles. The summed E-state index contributed by atoms with van der Waals surface area (Å²) >= 11 is 0. The van der Waals surface area contributed by atoms with Crippen LogP contribution in [-0.4, -0.2) is 18.8 Å². The van der Waals surface area contributed by atoms with Gasteiger partial charge in [0.15, 0.2) is 0 Å². The minimum atomic E-state index is -0.491. The van der Waals surface area contributed by atoms with E-state index in [2.05, 4.69) is 0 Å². The highest BCUT2D eigenvalue weighted by Gasteiger charge is 2.11. The van der Waals surface area contributed by atoms with E-state index in [1.54, 1.807) is 7.11 Å². The molecule has 14 heavy (non-hydrogen) atoms. The van der Waals surface area contributed by atoms with Gasteiger partial charge in [-0.2, -0.15) is 0 Å². The fourth-order valence-electron chi connectivity index (χ4n) is 1.53. The molecule has 78 valence electrons. The maximum Gasteiger partial charge on any atom is 0.122 e. The van der Waals surface area contributed by atoms with Crippen molar-refractivity contribution in [1.29, 1.82) is 0 Å². The lowest BCUT2D eigenvalue weighted by molar-refractivity contribution is 0.169. The van der Waals surface area contributed by atoms with Crippen molar-refractivity contribution in [2.24, 2.45) is 5.73 Å². The SMILES string of the molecule is COc1cccc([C@H](O)CCN)c1C. The van der Waals surface area contributed by atoms with Crippen LogP contribution < -0.4 is 10.5 Å². The van der Waals surface area contributed by atoms with Gasteiger partial charge in [0.25, 0.3) is 0 Å². The summed E-state index contributed by atoms with van der Waals surface area (Å²) in [5.41, 5.74) is 7.28. The number of rotatable bonds is 4. The molecule has 0 radical (unpaired) electrons. The Morgan fingerprint density at radius 3 is 2.79 bits per heavy atom. The maximum atomic E-state index is 9.79. The van der Waals surface area contributed by atoms with Crippen LogP contribution in [0, 0.1) is 6.92 Å². The third-order valence-electron chi connectivity index (χ3n) is 2.35. The van der Waals surface area contributed by atoms with Gasteiger partial charge in [0, 0.05) is 0 Å². The number of benzene rings is 1. The molecule has 3 heteroatoms. The number of nitrogens with two attached hydrogens (primary N) is 1. The van der Waals surface area contributed by atoms with Crippen LogP contribution in [0.15, 0.2) is 18.2 Å². The average molecular weight is 195 g/mol. The second kappa shape index (κ2) is 4.98. The molecule has 0 saturated carbocycles. The minimum Gasteiger partial charge on any atom is -0.496 e. The zero-order valence-electron chi connectivity index (χ0n) is 8.66. The van der Waals surface area contributed by atoms with E-state index in [0.717, 1.165) is 16.9 Å². The first kappa shape index (κ1) is 11.0. The molecular weight excluding hydrogens is 178 g/mol. The van der Waals surface area contributed by atoms with Crippen LogP contribution in [0.4, 0.5) is 0 Å². The number of aliphatic hydroxyl groups is 1. The Morgan fingerprint density at radius 2 is 2.21 bits per heavy atom. The lowest BCUT2D eigenvalue weighted by atomic mass is 10.0. The van der Waals surface area contributed by atoms with Crippen LogP contribution >= 0.6 is 0 Å². The van der Waals surface area contributed by atoms with Gasteiger partial charge >= 0.3 is 0 Å². The third-order valence-corrected chi connectivity index (χ3v) is 2.35. The normalized spacial score (nSPS) is 12.6. The molecule has 0 aliphatic rings. The lowest BCUT2D eigenvalue weighted by Gasteiger charge is -2.14. The van der Waals surface area contributed by atoms with Crippen molar-refractivity contribution < 1.29 is 9.84 Å². The van der Waals surface area contributed by atoms with Crippen molar-refractivity contribution in [3.63, 3.8) is 0 Å². The predicted molar refractivity (Wildman–Crippen MR) is 56.4 cm³/mol. The first-order chi connectivity index (χ1) is 6.70. The van der Waals surface area contributed by atoms with E-state index in [0.29, 0.717) is 13.0 Å². The Morgan fingerprint density at radius 1 is 1.50 bits per heavy atom. The Bertz CT molecular complexity index is 299. The van der Waals surface area contributed by atoms with Crippen molar-refractivity contribution in [3.8, 4) is 5.75 Å². The smallest absolute Gasteiger partial charge is 0.122 e. The van der Waals surface area contributed by atoms with Crippen molar-refractivity contribution >= 4 is 0 Å². The van der Waals surface area contributed by atoms with Crippen molar-refractivity contribution in [3.05, 3.63) is 29.3 Å². The van der Waals surface area contributed by atoms with Gasteiger partial charge in [0.2, 0.25) is 0 Å². The second-order valence-corrected chi connectivity index (χ2v) is 3.27. The second-order valence-electron chi connectivity index (χ2n) is 3.27. The number of methoxy groups -OCH3 is 1. The highest BCUT2D eigenvalue weighted by atomic mass is 16.5. The zero-order chi connectivity index (χ0) is 10.6. The molecule has 0 unspecified atom stereocenters. The van der Waals surface area contributed by atoms with Gasteiger partial charge in [-0.15, -0.1) is 0 Å². The van der Waals surface area contributed by atoms with Crippen molar-refractivity contribution in [2.45, 2.75) is 19.4 Å². The van der Waals surface area contributed by atoms with E-state index in [1.165, 1.54) is 0 Å².